The van der Waals surface area contributed by atoms with E-state index in [0.717, 1.165) is 17.1 Å². The summed E-state index contributed by atoms with van der Waals surface area (Å²) < 4.78 is 2.60. The highest BCUT2D eigenvalue weighted by molar-refractivity contribution is 7.25. The lowest BCUT2D eigenvalue weighted by atomic mass is 9.82. The van der Waals surface area contributed by atoms with Gasteiger partial charge in [0.25, 0.3) is 0 Å². The van der Waals surface area contributed by atoms with Crippen molar-refractivity contribution in [1.82, 2.24) is 0 Å². The predicted molar refractivity (Wildman–Crippen MR) is 282 cm³/mol. The summed E-state index contributed by atoms with van der Waals surface area (Å²) in [5.41, 5.74) is 11.0. The average Bonchev–Trinajstić information content (AvgIpc) is 3.84. The van der Waals surface area contributed by atoms with Gasteiger partial charge in [0, 0.05) is 42.6 Å². The van der Waals surface area contributed by atoms with Crippen molar-refractivity contribution in [3.05, 3.63) is 236 Å². The monoisotopic (exact) mass is 845 g/mol. The number of thiophene rings is 1. The van der Waals surface area contributed by atoms with Crippen LogP contribution in [0.5, 0.6) is 0 Å². The Morgan fingerprint density at radius 2 is 0.754 bits per heavy atom. The molecule has 65 heavy (non-hydrogen) atoms. The van der Waals surface area contributed by atoms with Crippen molar-refractivity contribution in [2.24, 2.45) is 0 Å². The van der Waals surface area contributed by atoms with Gasteiger partial charge in [0.15, 0.2) is 0 Å². The molecule has 0 radical (unpaired) electrons. The fraction of sp³-hybridized carbons (Fsp3) is 0.0476. The van der Waals surface area contributed by atoms with Crippen molar-refractivity contribution < 1.29 is 0 Å². The highest BCUT2D eigenvalue weighted by atomic mass is 32.1. The molecule has 1 heterocycles. The van der Waals surface area contributed by atoms with Crippen LogP contribution in [0.15, 0.2) is 224 Å². The molecule has 0 spiro atoms. The van der Waals surface area contributed by atoms with E-state index in [2.05, 4.69) is 243 Å². The molecule has 12 aromatic rings. The number of anilines is 3. The van der Waals surface area contributed by atoms with Crippen molar-refractivity contribution in [2.75, 3.05) is 4.90 Å². The zero-order valence-electron chi connectivity index (χ0n) is 36.2. The smallest absolute Gasteiger partial charge is 0.0468 e. The molecule has 0 unspecified atom stereocenters. The number of hydrogen-bond acceptors (Lipinski definition) is 2. The molecule has 11 aromatic carbocycles. The van der Waals surface area contributed by atoms with Gasteiger partial charge in [-0.3, -0.25) is 0 Å². The van der Waals surface area contributed by atoms with Gasteiger partial charge in [0.1, 0.15) is 0 Å². The maximum absolute atomic E-state index is 2.49. The Bertz CT molecular complexity index is 3970. The van der Waals surface area contributed by atoms with Gasteiger partial charge in [-0.2, -0.15) is 0 Å². The maximum Gasteiger partial charge on any atom is 0.0468 e. The fourth-order valence-electron chi connectivity index (χ4n) is 10.9. The van der Waals surface area contributed by atoms with Crippen LogP contribution in [0.3, 0.4) is 0 Å². The third-order valence-corrected chi connectivity index (χ3v) is 15.2. The standard InChI is InChI=1S/C63H43NS/c1-63(2)59-26-14-12-24-52(59)53-35-33-44(37-60(53)63)64(42-30-28-41(29-31-42)40-16-4-3-5-17-40)43-32-34-51-49-22-9-8-20-47(49)45-18-6-7-19-46(45)48-21-10-11-23-50(48)57-39-62-58(38-56(57)55(51)36-43)54-25-13-15-27-61(54)65-62/h3-39H,1-2H3. The molecule has 13 rings (SSSR count). The first-order valence-corrected chi connectivity index (χ1v) is 23.4. The molecule has 0 N–H and O–H groups in total. The molecule has 1 nitrogen and oxygen atoms in total. The van der Waals surface area contributed by atoms with Crippen molar-refractivity contribution in [2.45, 2.75) is 19.3 Å². The molecule has 0 aliphatic heterocycles. The molecule has 2 heteroatoms. The van der Waals surface area contributed by atoms with Crippen LogP contribution in [0.4, 0.5) is 17.1 Å². The third-order valence-electron chi connectivity index (χ3n) is 14.1. The predicted octanol–water partition coefficient (Wildman–Crippen LogP) is 18.4. The van der Waals surface area contributed by atoms with Crippen LogP contribution in [0.2, 0.25) is 0 Å². The molecular weight excluding hydrogens is 803 g/mol. The molecule has 0 amide bonds. The zero-order valence-corrected chi connectivity index (χ0v) is 37.0. The van der Waals surface area contributed by atoms with Crippen molar-refractivity contribution >= 4 is 102 Å². The van der Waals surface area contributed by atoms with E-state index in [4.69, 9.17) is 0 Å². The molecule has 0 saturated carbocycles. The van der Waals surface area contributed by atoms with Gasteiger partial charge in [0.2, 0.25) is 0 Å². The second kappa shape index (κ2) is 14.6. The summed E-state index contributed by atoms with van der Waals surface area (Å²) >= 11 is 1.88. The molecule has 0 fully saturated rings. The first-order chi connectivity index (χ1) is 32.0. The Hall–Kier alpha value is -7.78. The number of hydrogen-bond donors (Lipinski definition) is 0. The molecule has 0 atom stereocenters. The molecule has 1 aliphatic carbocycles. The van der Waals surface area contributed by atoms with Crippen LogP contribution in [-0.2, 0) is 5.41 Å². The van der Waals surface area contributed by atoms with E-state index in [1.54, 1.807) is 0 Å². The second-order valence-corrected chi connectivity index (χ2v) is 19.1. The number of fused-ring (bicyclic) bond motifs is 16. The normalized spacial score (nSPS) is 12.9. The lowest BCUT2D eigenvalue weighted by molar-refractivity contribution is 0.660. The highest BCUT2D eigenvalue weighted by Crippen LogP contribution is 2.51. The Morgan fingerprint density at radius 3 is 1.43 bits per heavy atom. The van der Waals surface area contributed by atoms with Gasteiger partial charge in [-0.15, -0.1) is 11.3 Å². The van der Waals surface area contributed by atoms with Gasteiger partial charge in [-0.1, -0.05) is 184 Å². The molecule has 1 aliphatic rings. The van der Waals surface area contributed by atoms with E-state index >= 15 is 0 Å². The van der Waals surface area contributed by atoms with Crippen molar-refractivity contribution in [1.29, 1.82) is 0 Å². The largest absolute Gasteiger partial charge is 0.310 e. The maximum atomic E-state index is 2.49. The fourth-order valence-corrected chi connectivity index (χ4v) is 12.0. The summed E-state index contributed by atoms with van der Waals surface area (Å²) in [6.07, 6.45) is 0. The number of rotatable bonds is 4. The van der Waals surface area contributed by atoms with E-state index in [1.807, 2.05) is 11.3 Å². The van der Waals surface area contributed by atoms with E-state index in [0.29, 0.717) is 0 Å². The van der Waals surface area contributed by atoms with Crippen LogP contribution >= 0.6 is 11.3 Å². The van der Waals surface area contributed by atoms with E-state index in [9.17, 15) is 0 Å². The summed E-state index contributed by atoms with van der Waals surface area (Å²) in [4.78, 5) is 2.47. The minimum atomic E-state index is -0.144. The minimum Gasteiger partial charge on any atom is -0.310 e. The molecule has 0 saturated heterocycles. The average molecular weight is 846 g/mol. The Labute approximate surface area is 382 Å². The minimum absolute atomic E-state index is 0.144. The van der Waals surface area contributed by atoms with Crippen LogP contribution < -0.4 is 4.90 Å². The Kier molecular flexibility index (Phi) is 8.50. The van der Waals surface area contributed by atoms with Gasteiger partial charge in [-0.25, -0.2) is 0 Å². The highest BCUT2D eigenvalue weighted by Gasteiger charge is 2.35. The summed E-state index contributed by atoms with van der Waals surface area (Å²) in [5.74, 6) is 0. The van der Waals surface area contributed by atoms with Crippen LogP contribution in [0.25, 0.3) is 96.3 Å². The van der Waals surface area contributed by atoms with Gasteiger partial charge in [0.05, 0.1) is 0 Å². The molecule has 1 aromatic heterocycles. The van der Waals surface area contributed by atoms with Gasteiger partial charge < -0.3 is 4.90 Å². The first kappa shape index (κ1) is 37.7. The van der Waals surface area contributed by atoms with Crippen molar-refractivity contribution in [3.8, 4) is 22.3 Å². The summed E-state index contributed by atoms with van der Waals surface area (Å²) in [6.45, 7) is 4.74. The lowest BCUT2D eigenvalue weighted by Crippen LogP contribution is -2.16. The van der Waals surface area contributed by atoms with Gasteiger partial charge in [-0.05, 0) is 142 Å². The van der Waals surface area contributed by atoms with Gasteiger partial charge >= 0.3 is 0 Å². The van der Waals surface area contributed by atoms with Crippen LogP contribution in [0, 0.1) is 0 Å². The number of benzene rings is 10. The molecule has 0 bridgehead atoms. The van der Waals surface area contributed by atoms with E-state index in [1.165, 1.54) is 107 Å². The Morgan fingerprint density at radius 1 is 0.292 bits per heavy atom. The number of nitrogens with zero attached hydrogens (tertiary/aromatic N) is 1. The third kappa shape index (κ3) is 5.91. The summed E-state index contributed by atoms with van der Waals surface area (Å²) in [7, 11) is 0. The van der Waals surface area contributed by atoms with Crippen molar-refractivity contribution in [3.63, 3.8) is 0 Å². The van der Waals surface area contributed by atoms with E-state index < -0.39 is 0 Å². The van der Waals surface area contributed by atoms with E-state index in [-0.39, 0.29) is 5.41 Å². The second-order valence-electron chi connectivity index (χ2n) is 18.0. The van der Waals surface area contributed by atoms with Crippen LogP contribution in [-0.4, -0.2) is 0 Å². The summed E-state index contributed by atoms with van der Waals surface area (Å²) in [5, 5.41) is 14.9. The SMILES string of the molecule is CC1(C)c2ccccc2-c2ccc(N(c3ccc(-c4ccccc4)cc3)c3ccc4c5ccccc5c5ccccc5c5ccccc5c5cc6sc7ccccc7c6cc5c4c3)cc21. The molecule has 306 valence electrons. The summed E-state index contributed by atoms with van der Waals surface area (Å²) in [6, 6.07) is 83.9. The van der Waals surface area contributed by atoms with Crippen LogP contribution in [0.1, 0.15) is 25.0 Å². The first-order valence-electron chi connectivity index (χ1n) is 22.6. The molecular formula is C63H43NS. The quantitative estimate of drug-likeness (QED) is 0.171. The Balaban J connectivity index is 1.17. The lowest BCUT2D eigenvalue weighted by Gasteiger charge is -2.28. The topological polar surface area (TPSA) is 3.24 Å². The zero-order chi connectivity index (χ0) is 43.2.